The summed E-state index contributed by atoms with van der Waals surface area (Å²) in [6.45, 7) is 4.15. The third-order valence-electron chi connectivity index (χ3n) is 8.28. The molecule has 1 heterocycles. The van der Waals surface area contributed by atoms with Gasteiger partial charge in [0.2, 0.25) is 0 Å². The van der Waals surface area contributed by atoms with Crippen LogP contribution in [-0.2, 0) is 5.54 Å². The zero-order valence-electron chi connectivity index (χ0n) is 24.6. The Morgan fingerprint density at radius 3 is 1.84 bits per heavy atom. The number of amides is 1. The van der Waals surface area contributed by atoms with Crippen molar-refractivity contribution in [3.05, 3.63) is 196 Å². The summed E-state index contributed by atoms with van der Waals surface area (Å²) >= 11 is 0. The van der Waals surface area contributed by atoms with Gasteiger partial charge < -0.3 is 10.3 Å². The molecule has 0 saturated carbocycles. The Morgan fingerprint density at radius 1 is 0.750 bits per heavy atom. The minimum absolute atomic E-state index is 0.141. The average molecular weight is 578 g/mol. The summed E-state index contributed by atoms with van der Waals surface area (Å²) in [7, 11) is 0. The van der Waals surface area contributed by atoms with Gasteiger partial charge in [-0.3, -0.25) is 4.79 Å². The van der Waals surface area contributed by atoms with E-state index in [4.69, 9.17) is 10.7 Å². The Labute approximate surface area is 257 Å². The third-order valence-corrected chi connectivity index (χ3v) is 8.28. The molecular weight excluding hydrogens is 545 g/mol. The molecule has 5 heteroatoms. The van der Waals surface area contributed by atoms with Crippen LogP contribution in [0.1, 0.15) is 55.0 Å². The van der Waals surface area contributed by atoms with Crippen molar-refractivity contribution in [3.63, 3.8) is 0 Å². The second kappa shape index (κ2) is 12.0. The van der Waals surface area contributed by atoms with E-state index in [-0.39, 0.29) is 5.56 Å². The van der Waals surface area contributed by atoms with Crippen molar-refractivity contribution in [3.8, 4) is 0 Å². The maximum absolute atomic E-state index is 14.9. The zero-order chi connectivity index (χ0) is 30.7. The van der Waals surface area contributed by atoms with Gasteiger partial charge >= 0.3 is 0 Å². The van der Waals surface area contributed by atoms with Crippen LogP contribution in [0.25, 0.3) is 11.6 Å². The number of hydrogen-bond donors (Lipinski definition) is 1. The van der Waals surface area contributed by atoms with Gasteiger partial charge in [0, 0.05) is 11.8 Å². The monoisotopic (exact) mass is 577 g/mol. The zero-order valence-corrected chi connectivity index (χ0v) is 24.6. The van der Waals surface area contributed by atoms with E-state index >= 15 is 0 Å². The molecule has 0 aliphatic heterocycles. The van der Waals surface area contributed by atoms with Crippen LogP contribution in [0.15, 0.2) is 140 Å². The van der Waals surface area contributed by atoms with Crippen LogP contribution < -0.4 is 5.73 Å². The molecule has 0 aliphatic carbocycles. The summed E-state index contributed by atoms with van der Waals surface area (Å²) in [5, 5.41) is 0. The van der Waals surface area contributed by atoms with Crippen molar-refractivity contribution in [2.45, 2.75) is 19.4 Å². The van der Waals surface area contributed by atoms with Crippen molar-refractivity contribution in [2.24, 2.45) is 5.73 Å². The SMILES string of the molecule is Cc1cccc(/C(=C/c2ccc(C(N)=O)c(F)c2)c2cn(C(c3ccccc3)(c3ccccc3)c3ccccc3)cn2)c1C. The van der Waals surface area contributed by atoms with Crippen LogP contribution in [0.5, 0.6) is 0 Å². The quantitative estimate of drug-likeness (QED) is 0.147. The first-order chi connectivity index (χ1) is 21.4. The van der Waals surface area contributed by atoms with E-state index in [1.807, 2.05) is 36.7 Å². The largest absolute Gasteiger partial charge is 0.366 e. The standard InChI is InChI=1S/C39H32FN3O/c1-27-13-12-20-33(28(27)2)35(23-29-21-22-34(38(41)44)36(40)24-29)37-25-43(26-42-37)39(30-14-6-3-7-15-30,31-16-8-4-9-17-31)32-18-10-5-11-19-32/h3-26H,1-2H3,(H2,41,44)/b35-23-. The number of aromatic nitrogens is 2. The first-order valence-electron chi connectivity index (χ1n) is 14.5. The van der Waals surface area contributed by atoms with E-state index in [1.165, 1.54) is 12.1 Å². The highest BCUT2D eigenvalue weighted by Gasteiger charge is 2.38. The van der Waals surface area contributed by atoms with Crippen LogP contribution in [0.4, 0.5) is 4.39 Å². The lowest BCUT2D eigenvalue weighted by molar-refractivity contribution is 0.0996. The normalized spacial score (nSPS) is 11.8. The van der Waals surface area contributed by atoms with E-state index in [0.29, 0.717) is 5.56 Å². The fourth-order valence-corrected chi connectivity index (χ4v) is 5.95. The molecule has 0 aliphatic rings. The van der Waals surface area contributed by atoms with Gasteiger partial charge in [0.1, 0.15) is 11.4 Å². The molecule has 0 fully saturated rings. The van der Waals surface area contributed by atoms with Gasteiger partial charge in [-0.15, -0.1) is 0 Å². The first-order valence-corrected chi connectivity index (χ1v) is 14.5. The maximum Gasteiger partial charge on any atom is 0.251 e. The lowest BCUT2D eigenvalue weighted by Crippen LogP contribution is -2.36. The molecule has 5 aromatic carbocycles. The number of nitrogens with zero attached hydrogens (tertiary/aromatic N) is 2. The van der Waals surface area contributed by atoms with Crippen LogP contribution in [0, 0.1) is 19.7 Å². The summed E-state index contributed by atoms with van der Waals surface area (Å²) in [4.78, 5) is 16.7. The summed E-state index contributed by atoms with van der Waals surface area (Å²) in [5.74, 6) is -1.46. The van der Waals surface area contributed by atoms with E-state index in [1.54, 1.807) is 6.07 Å². The molecule has 0 unspecified atom stereocenters. The van der Waals surface area contributed by atoms with Crippen LogP contribution in [0.2, 0.25) is 0 Å². The predicted molar refractivity (Wildman–Crippen MR) is 175 cm³/mol. The van der Waals surface area contributed by atoms with Crippen molar-refractivity contribution >= 4 is 17.6 Å². The third kappa shape index (κ3) is 5.13. The summed E-state index contributed by atoms with van der Waals surface area (Å²) in [6, 6.07) is 41.9. The number of nitrogens with two attached hydrogens (primary N) is 1. The molecule has 6 aromatic rings. The fourth-order valence-electron chi connectivity index (χ4n) is 5.95. The molecule has 216 valence electrons. The average Bonchev–Trinajstić information content (AvgIpc) is 3.53. The molecule has 0 bridgehead atoms. The molecule has 0 saturated heterocycles. The molecule has 1 amide bonds. The van der Waals surface area contributed by atoms with Gasteiger partial charge in [-0.05, 0) is 71.0 Å². The summed E-state index contributed by atoms with van der Waals surface area (Å²) in [6.07, 6.45) is 5.85. The smallest absolute Gasteiger partial charge is 0.251 e. The second-order valence-corrected chi connectivity index (χ2v) is 10.9. The fraction of sp³-hybridized carbons (Fsp3) is 0.0769. The molecule has 2 N–H and O–H groups in total. The van der Waals surface area contributed by atoms with Crippen LogP contribution in [-0.4, -0.2) is 15.5 Å². The van der Waals surface area contributed by atoms with Crippen molar-refractivity contribution in [1.82, 2.24) is 9.55 Å². The molecular formula is C39H32FN3O. The van der Waals surface area contributed by atoms with E-state index in [9.17, 15) is 9.18 Å². The molecule has 44 heavy (non-hydrogen) atoms. The number of halogens is 1. The number of primary amides is 1. The van der Waals surface area contributed by atoms with Gasteiger partial charge in [-0.2, -0.15) is 0 Å². The van der Waals surface area contributed by atoms with Crippen LogP contribution in [0.3, 0.4) is 0 Å². The molecule has 4 nitrogen and oxygen atoms in total. The second-order valence-electron chi connectivity index (χ2n) is 10.9. The number of carbonyl (C=O) groups excluding carboxylic acids is 1. The highest BCUT2D eigenvalue weighted by Crippen LogP contribution is 2.41. The summed E-state index contributed by atoms with van der Waals surface area (Å²) < 4.78 is 17.0. The van der Waals surface area contributed by atoms with Crippen molar-refractivity contribution < 1.29 is 9.18 Å². The molecule has 0 spiro atoms. The Kier molecular flexibility index (Phi) is 7.78. The van der Waals surface area contributed by atoms with Gasteiger partial charge in [-0.1, -0.05) is 115 Å². The highest BCUT2D eigenvalue weighted by atomic mass is 19.1. The Balaban J connectivity index is 1.62. The minimum atomic E-state index is -0.800. The van der Waals surface area contributed by atoms with Gasteiger partial charge in [0.15, 0.2) is 0 Å². The highest BCUT2D eigenvalue weighted by molar-refractivity contribution is 5.94. The number of aryl methyl sites for hydroxylation is 1. The lowest BCUT2D eigenvalue weighted by Gasteiger charge is -2.37. The Hall–Kier alpha value is -5.55. The number of benzene rings is 5. The van der Waals surface area contributed by atoms with E-state index < -0.39 is 17.3 Å². The number of imidazole rings is 1. The molecule has 1 aromatic heterocycles. The Morgan fingerprint density at radius 2 is 1.32 bits per heavy atom. The Bertz CT molecular complexity index is 1870. The van der Waals surface area contributed by atoms with E-state index in [0.717, 1.165) is 44.6 Å². The summed E-state index contributed by atoms with van der Waals surface area (Å²) in [5.41, 5.74) is 13.1. The van der Waals surface area contributed by atoms with Crippen molar-refractivity contribution in [2.75, 3.05) is 0 Å². The molecule has 0 atom stereocenters. The maximum atomic E-state index is 14.9. The number of carbonyl (C=O) groups is 1. The first kappa shape index (κ1) is 28.6. The number of hydrogen-bond acceptors (Lipinski definition) is 2. The van der Waals surface area contributed by atoms with Crippen molar-refractivity contribution in [1.29, 1.82) is 0 Å². The predicted octanol–water partition coefficient (Wildman–Crippen LogP) is 8.17. The molecule has 6 rings (SSSR count). The van der Waals surface area contributed by atoms with Gasteiger partial charge in [-0.25, -0.2) is 9.37 Å². The van der Waals surface area contributed by atoms with Gasteiger partial charge in [0.25, 0.3) is 5.91 Å². The van der Waals surface area contributed by atoms with Crippen LogP contribution >= 0.6 is 0 Å². The number of rotatable bonds is 8. The topological polar surface area (TPSA) is 60.9 Å². The lowest BCUT2D eigenvalue weighted by atomic mass is 9.76. The van der Waals surface area contributed by atoms with E-state index in [2.05, 4.69) is 110 Å². The van der Waals surface area contributed by atoms with Gasteiger partial charge in [0.05, 0.1) is 17.6 Å². The minimum Gasteiger partial charge on any atom is -0.366 e. The molecule has 0 radical (unpaired) electrons.